The first kappa shape index (κ1) is 15.3. The molecule has 0 radical (unpaired) electrons. The third-order valence-corrected chi connectivity index (χ3v) is 4.25. The van der Waals surface area contributed by atoms with Gasteiger partial charge in [0.25, 0.3) is 5.92 Å². The Balaban J connectivity index is 2.11. The normalized spacial score (nSPS) is 18.5. The second-order valence-electron chi connectivity index (χ2n) is 5.68. The molecule has 0 unspecified atom stereocenters. The number of hydrogen-bond donors (Lipinski definition) is 2. The smallest absolute Gasteiger partial charge is 0.289 e. The van der Waals surface area contributed by atoms with E-state index < -0.39 is 18.6 Å². The summed E-state index contributed by atoms with van der Waals surface area (Å²) in [5, 5.41) is 14.2. The molecule has 2 N–H and O–H groups in total. The largest absolute Gasteiger partial charge is 0.390 e. The van der Waals surface area contributed by atoms with E-state index in [0.29, 0.717) is 31.7 Å². The maximum absolute atomic E-state index is 14.5. The van der Waals surface area contributed by atoms with Gasteiger partial charge >= 0.3 is 0 Å². The van der Waals surface area contributed by atoms with Crippen molar-refractivity contribution in [3.05, 3.63) is 48.0 Å². The molecule has 3 nitrogen and oxygen atoms in total. The van der Waals surface area contributed by atoms with Gasteiger partial charge in [0.2, 0.25) is 0 Å². The van der Waals surface area contributed by atoms with Crippen LogP contribution < -0.4 is 5.32 Å². The van der Waals surface area contributed by atoms with Gasteiger partial charge in [0.15, 0.2) is 0 Å². The third-order valence-electron chi connectivity index (χ3n) is 4.25. The molecular weight excluding hydrogens is 286 g/mol. The van der Waals surface area contributed by atoms with Crippen LogP contribution in [0.5, 0.6) is 0 Å². The molecule has 1 aliphatic heterocycles. The number of aliphatic hydroxyl groups is 1. The zero-order valence-electron chi connectivity index (χ0n) is 12.3. The van der Waals surface area contributed by atoms with E-state index in [4.69, 9.17) is 0 Å². The maximum Gasteiger partial charge on any atom is 0.289 e. The molecule has 118 valence electrons. The van der Waals surface area contributed by atoms with Crippen molar-refractivity contribution >= 4 is 10.8 Å². The van der Waals surface area contributed by atoms with Crippen LogP contribution in [0.1, 0.15) is 11.6 Å². The summed E-state index contributed by atoms with van der Waals surface area (Å²) in [7, 11) is 0. The SMILES string of the molecule is OCC(F)(F)[C@@H](c1cccc2ccccc12)N1CCNCC1. The molecule has 2 aromatic rings. The number of halogens is 2. The van der Waals surface area contributed by atoms with Crippen LogP contribution in [0.25, 0.3) is 10.8 Å². The Morgan fingerprint density at radius 1 is 1.09 bits per heavy atom. The Bertz CT molecular complexity index is 636. The van der Waals surface area contributed by atoms with E-state index in [0.717, 1.165) is 10.8 Å². The summed E-state index contributed by atoms with van der Waals surface area (Å²) >= 11 is 0. The number of nitrogens with one attached hydrogen (secondary N) is 1. The van der Waals surface area contributed by atoms with Crippen LogP contribution in [0.4, 0.5) is 8.78 Å². The van der Waals surface area contributed by atoms with E-state index in [-0.39, 0.29) is 0 Å². The number of rotatable bonds is 4. The number of aliphatic hydroxyl groups excluding tert-OH is 1. The summed E-state index contributed by atoms with van der Waals surface area (Å²) in [5.74, 6) is -3.18. The van der Waals surface area contributed by atoms with Crippen LogP contribution in [0, 0.1) is 0 Å². The van der Waals surface area contributed by atoms with Gasteiger partial charge in [-0.3, -0.25) is 4.90 Å². The van der Waals surface area contributed by atoms with Crippen molar-refractivity contribution in [1.82, 2.24) is 10.2 Å². The number of piperazine rings is 1. The molecule has 0 aromatic heterocycles. The molecule has 22 heavy (non-hydrogen) atoms. The Hall–Kier alpha value is -1.56. The van der Waals surface area contributed by atoms with Crippen LogP contribution in [-0.4, -0.2) is 48.7 Å². The summed E-state index contributed by atoms with van der Waals surface area (Å²) in [4.78, 5) is 1.77. The molecule has 2 aromatic carbocycles. The fourth-order valence-electron chi connectivity index (χ4n) is 3.21. The first-order valence-corrected chi connectivity index (χ1v) is 7.54. The average Bonchev–Trinajstić information content (AvgIpc) is 2.56. The summed E-state index contributed by atoms with van der Waals surface area (Å²) in [5.41, 5.74) is 0.582. The van der Waals surface area contributed by atoms with Crippen molar-refractivity contribution in [2.45, 2.75) is 12.0 Å². The Kier molecular flexibility index (Phi) is 4.38. The zero-order chi connectivity index (χ0) is 15.6. The van der Waals surface area contributed by atoms with E-state index in [1.807, 2.05) is 30.3 Å². The highest BCUT2D eigenvalue weighted by Gasteiger charge is 2.44. The lowest BCUT2D eigenvalue weighted by atomic mass is 9.93. The highest BCUT2D eigenvalue weighted by molar-refractivity contribution is 5.86. The third kappa shape index (κ3) is 2.84. The summed E-state index contributed by atoms with van der Waals surface area (Å²) in [6.07, 6.45) is 0. The van der Waals surface area contributed by atoms with Gasteiger partial charge in [-0.1, -0.05) is 42.5 Å². The van der Waals surface area contributed by atoms with Crippen molar-refractivity contribution in [3.63, 3.8) is 0 Å². The van der Waals surface area contributed by atoms with Gasteiger partial charge in [-0.25, -0.2) is 8.78 Å². The molecule has 1 saturated heterocycles. The van der Waals surface area contributed by atoms with Gasteiger partial charge in [-0.15, -0.1) is 0 Å². The molecule has 1 aliphatic rings. The molecule has 1 heterocycles. The van der Waals surface area contributed by atoms with Crippen LogP contribution in [0.3, 0.4) is 0 Å². The monoisotopic (exact) mass is 306 g/mol. The van der Waals surface area contributed by atoms with E-state index in [1.165, 1.54) is 0 Å². The van der Waals surface area contributed by atoms with Crippen LogP contribution in [-0.2, 0) is 0 Å². The predicted octanol–water partition coefficient (Wildman–Crippen LogP) is 2.41. The second kappa shape index (κ2) is 6.28. The first-order chi connectivity index (χ1) is 10.6. The molecule has 5 heteroatoms. The zero-order valence-corrected chi connectivity index (χ0v) is 12.3. The topological polar surface area (TPSA) is 35.5 Å². The molecule has 1 fully saturated rings. The summed E-state index contributed by atoms with van der Waals surface area (Å²) < 4.78 is 29.0. The number of benzene rings is 2. The molecule has 0 aliphatic carbocycles. The lowest BCUT2D eigenvalue weighted by Crippen LogP contribution is -2.51. The molecule has 0 saturated carbocycles. The molecule has 0 bridgehead atoms. The lowest BCUT2D eigenvalue weighted by molar-refractivity contribution is -0.118. The molecule has 0 amide bonds. The van der Waals surface area contributed by atoms with Gasteiger partial charge in [-0.05, 0) is 16.3 Å². The maximum atomic E-state index is 14.5. The predicted molar refractivity (Wildman–Crippen MR) is 83.2 cm³/mol. The first-order valence-electron chi connectivity index (χ1n) is 7.54. The minimum absolute atomic E-state index is 0.545. The van der Waals surface area contributed by atoms with Crippen molar-refractivity contribution < 1.29 is 13.9 Å². The van der Waals surface area contributed by atoms with E-state index in [9.17, 15) is 13.9 Å². The van der Waals surface area contributed by atoms with Gasteiger partial charge in [-0.2, -0.15) is 0 Å². The Morgan fingerprint density at radius 2 is 1.77 bits per heavy atom. The van der Waals surface area contributed by atoms with Gasteiger partial charge in [0.05, 0.1) is 0 Å². The Labute approximate surface area is 128 Å². The molecule has 1 atom stereocenters. The molecular formula is C17H20F2N2O. The number of fused-ring (bicyclic) bond motifs is 1. The van der Waals surface area contributed by atoms with E-state index in [2.05, 4.69) is 5.32 Å². The summed E-state index contributed by atoms with van der Waals surface area (Å²) in [6.45, 7) is 1.31. The fourth-order valence-corrected chi connectivity index (χ4v) is 3.21. The van der Waals surface area contributed by atoms with Crippen molar-refractivity contribution in [1.29, 1.82) is 0 Å². The minimum atomic E-state index is -3.18. The van der Waals surface area contributed by atoms with Crippen molar-refractivity contribution in [3.8, 4) is 0 Å². The number of nitrogens with zero attached hydrogens (tertiary/aromatic N) is 1. The quantitative estimate of drug-likeness (QED) is 0.910. The van der Waals surface area contributed by atoms with Crippen LogP contribution >= 0.6 is 0 Å². The molecule has 0 spiro atoms. The van der Waals surface area contributed by atoms with Gasteiger partial charge in [0.1, 0.15) is 12.6 Å². The van der Waals surface area contributed by atoms with Gasteiger partial charge in [0, 0.05) is 26.2 Å². The number of alkyl halides is 2. The van der Waals surface area contributed by atoms with E-state index in [1.54, 1.807) is 17.0 Å². The van der Waals surface area contributed by atoms with Crippen molar-refractivity contribution in [2.75, 3.05) is 32.8 Å². The highest BCUT2D eigenvalue weighted by atomic mass is 19.3. The average molecular weight is 306 g/mol. The fraction of sp³-hybridized carbons (Fsp3) is 0.412. The minimum Gasteiger partial charge on any atom is -0.390 e. The van der Waals surface area contributed by atoms with Gasteiger partial charge < -0.3 is 10.4 Å². The Morgan fingerprint density at radius 3 is 2.50 bits per heavy atom. The number of hydrogen-bond acceptors (Lipinski definition) is 3. The molecule has 3 rings (SSSR count). The van der Waals surface area contributed by atoms with Crippen LogP contribution in [0.2, 0.25) is 0 Å². The van der Waals surface area contributed by atoms with Crippen LogP contribution in [0.15, 0.2) is 42.5 Å². The van der Waals surface area contributed by atoms with E-state index >= 15 is 0 Å². The van der Waals surface area contributed by atoms with Crippen molar-refractivity contribution in [2.24, 2.45) is 0 Å². The highest BCUT2D eigenvalue weighted by Crippen LogP contribution is 2.39. The second-order valence-corrected chi connectivity index (χ2v) is 5.68. The standard InChI is InChI=1S/C17H20F2N2O/c18-17(19,12-22)16(21-10-8-20-9-11-21)15-7-3-5-13-4-1-2-6-14(13)15/h1-7,16,20,22H,8-12H2/t16-/m1/s1. The lowest BCUT2D eigenvalue weighted by Gasteiger charge is -2.39. The summed E-state index contributed by atoms with van der Waals surface area (Å²) in [6, 6.07) is 11.9.